The van der Waals surface area contributed by atoms with Crippen LogP contribution in [0.25, 0.3) is 21.8 Å². The Morgan fingerprint density at radius 1 is 1.24 bits per heavy atom. The van der Waals surface area contributed by atoms with E-state index in [-0.39, 0.29) is 12.5 Å². The Labute approximate surface area is 170 Å². The van der Waals surface area contributed by atoms with Crippen LogP contribution in [0, 0.1) is 25.2 Å². The van der Waals surface area contributed by atoms with Gasteiger partial charge in [0.1, 0.15) is 16.6 Å². The molecule has 0 atom stereocenters. The van der Waals surface area contributed by atoms with Crippen LogP contribution in [-0.4, -0.2) is 22.5 Å². The van der Waals surface area contributed by atoms with Gasteiger partial charge in [-0.2, -0.15) is 5.26 Å². The van der Waals surface area contributed by atoms with Gasteiger partial charge in [0.25, 0.3) is 5.91 Å². The van der Waals surface area contributed by atoms with Crippen LogP contribution in [0.5, 0.6) is 5.75 Å². The van der Waals surface area contributed by atoms with Crippen LogP contribution in [-0.2, 0) is 0 Å². The fourth-order valence-corrected chi connectivity index (χ4v) is 4.14. The van der Waals surface area contributed by atoms with Crippen LogP contribution in [0.2, 0.25) is 0 Å². The van der Waals surface area contributed by atoms with Crippen molar-refractivity contribution >= 4 is 33.1 Å². The average molecular weight is 404 g/mol. The quantitative estimate of drug-likeness (QED) is 0.516. The lowest BCUT2D eigenvalue weighted by atomic mass is 10.1. The average Bonchev–Trinajstić information content (AvgIpc) is 3.36. The van der Waals surface area contributed by atoms with Crippen molar-refractivity contribution in [3.05, 3.63) is 58.8 Å². The number of fused-ring (bicyclic) bond motifs is 1. The molecule has 0 unspecified atom stereocenters. The molecule has 4 rings (SSSR count). The summed E-state index contributed by atoms with van der Waals surface area (Å²) in [4.78, 5) is 23.3. The van der Waals surface area contributed by atoms with Gasteiger partial charge in [0.15, 0.2) is 18.2 Å². The van der Waals surface area contributed by atoms with Crippen molar-refractivity contribution in [3.8, 4) is 23.4 Å². The summed E-state index contributed by atoms with van der Waals surface area (Å²) >= 11 is 1.33. The number of carbonyl (C=O) groups excluding carboxylic acids is 1. The number of aromatic nitrogens is 2. The molecule has 29 heavy (non-hydrogen) atoms. The molecule has 0 fully saturated rings. The molecule has 0 spiro atoms. The van der Waals surface area contributed by atoms with E-state index < -0.39 is 0 Å². The number of ether oxygens (including phenoxy) is 1. The van der Waals surface area contributed by atoms with E-state index in [4.69, 9.17) is 14.4 Å². The number of amides is 1. The Morgan fingerprint density at radius 3 is 2.72 bits per heavy atom. The van der Waals surface area contributed by atoms with Gasteiger partial charge in [0, 0.05) is 11.1 Å². The van der Waals surface area contributed by atoms with Crippen molar-refractivity contribution in [2.24, 2.45) is 0 Å². The lowest BCUT2D eigenvalue weighted by Gasteiger charge is -2.06. The molecule has 1 N–H and O–H groups in total. The zero-order valence-electron chi connectivity index (χ0n) is 15.7. The number of nitrogens with one attached hydrogen (secondary N) is 1. The molecule has 3 heterocycles. The molecule has 3 aromatic heterocycles. The number of nitriles is 1. The molecular formula is C21H16N4O3S. The standard InChI is InChI=1S/C21H16N4O3S/c1-12-17-13(2)23-19(16-4-3-10-28-16)25-21(17)29-18(12)20(26)24-14-5-7-15(8-6-14)27-11-9-22/h3-8,10H,11H2,1-2H3,(H,24,26). The number of furan rings is 1. The first kappa shape index (κ1) is 18.7. The fraction of sp³-hybridized carbons (Fsp3) is 0.143. The topological polar surface area (TPSA) is 101 Å². The number of nitrogens with zero attached hydrogens (tertiary/aromatic N) is 3. The lowest BCUT2D eigenvalue weighted by molar-refractivity contribution is 0.103. The number of anilines is 1. The lowest BCUT2D eigenvalue weighted by Crippen LogP contribution is -2.11. The van der Waals surface area contributed by atoms with Gasteiger partial charge >= 0.3 is 0 Å². The maximum Gasteiger partial charge on any atom is 0.266 e. The summed E-state index contributed by atoms with van der Waals surface area (Å²) < 4.78 is 10.6. The van der Waals surface area contributed by atoms with E-state index in [0.29, 0.717) is 27.9 Å². The Morgan fingerprint density at radius 2 is 2.03 bits per heavy atom. The van der Waals surface area contributed by atoms with Crippen molar-refractivity contribution < 1.29 is 13.9 Å². The summed E-state index contributed by atoms with van der Waals surface area (Å²) in [5.41, 5.74) is 2.28. The molecule has 1 amide bonds. The first-order valence-corrected chi connectivity index (χ1v) is 9.61. The van der Waals surface area contributed by atoms with Gasteiger partial charge in [0.05, 0.1) is 16.8 Å². The zero-order chi connectivity index (χ0) is 20.4. The van der Waals surface area contributed by atoms with Gasteiger partial charge in [-0.3, -0.25) is 4.79 Å². The number of thiophene rings is 1. The highest BCUT2D eigenvalue weighted by molar-refractivity contribution is 7.20. The largest absolute Gasteiger partial charge is 0.479 e. The van der Waals surface area contributed by atoms with Gasteiger partial charge in [-0.25, -0.2) is 9.97 Å². The summed E-state index contributed by atoms with van der Waals surface area (Å²) in [5, 5.41) is 12.3. The predicted octanol–water partition coefficient (Wildman–Crippen LogP) is 4.72. The third kappa shape index (κ3) is 3.68. The second kappa shape index (κ2) is 7.73. The number of rotatable bonds is 5. The number of carbonyl (C=O) groups is 1. The van der Waals surface area contributed by atoms with Crippen molar-refractivity contribution in [3.63, 3.8) is 0 Å². The van der Waals surface area contributed by atoms with Crippen LogP contribution in [0.3, 0.4) is 0 Å². The van der Waals surface area contributed by atoms with Crippen molar-refractivity contribution in [1.82, 2.24) is 9.97 Å². The van der Waals surface area contributed by atoms with Gasteiger partial charge < -0.3 is 14.5 Å². The van der Waals surface area contributed by atoms with Crippen LogP contribution in [0.4, 0.5) is 5.69 Å². The summed E-state index contributed by atoms with van der Waals surface area (Å²) in [6, 6.07) is 12.4. The first-order valence-electron chi connectivity index (χ1n) is 8.79. The molecule has 0 aliphatic heterocycles. The third-order valence-electron chi connectivity index (χ3n) is 4.33. The van der Waals surface area contributed by atoms with Crippen LogP contribution < -0.4 is 10.1 Å². The molecule has 4 aromatic rings. The Balaban J connectivity index is 1.61. The second-order valence-corrected chi connectivity index (χ2v) is 7.27. The van der Waals surface area contributed by atoms with E-state index >= 15 is 0 Å². The van der Waals surface area contributed by atoms with E-state index in [9.17, 15) is 4.79 Å². The number of hydrogen-bond acceptors (Lipinski definition) is 7. The van der Waals surface area contributed by atoms with Crippen LogP contribution in [0.1, 0.15) is 20.9 Å². The minimum Gasteiger partial charge on any atom is -0.479 e. The SMILES string of the molecule is Cc1nc(-c2ccco2)nc2sc(C(=O)Nc3ccc(OCC#N)cc3)c(C)c12. The molecule has 144 valence electrons. The highest BCUT2D eigenvalue weighted by atomic mass is 32.1. The Bertz CT molecular complexity index is 1220. The monoisotopic (exact) mass is 404 g/mol. The normalized spacial score (nSPS) is 10.7. The molecule has 0 saturated carbocycles. The summed E-state index contributed by atoms with van der Waals surface area (Å²) in [6.07, 6.45) is 1.58. The molecule has 8 heteroatoms. The first-order chi connectivity index (χ1) is 14.1. The number of aryl methyl sites for hydroxylation is 2. The fourth-order valence-electron chi connectivity index (χ4n) is 3.01. The highest BCUT2D eigenvalue weighted by Gasteiger charge is 2.20. The number of benzene rings is 1. The molecular weight excluding hydrogens is 388 g/mol. The van der Waals surface area contributed by atoms with Gasteiger partial charge in [0.2, 0.25) is 0 Å². The molecule has 0 radical (unpaired) electrons. The minimum atomic E-state index is -0.213. The zero-order valence-corrected chi connectivity index (χ0v) is 16.5. The summed E-state index contributed by atoms with van der Waals surface area (Å²) in [7, 11) is 0. The second-order valence-electron chi connectivity index (χ2n) is 6.27. The third-order valence-corrected chi connectivity index (χ3v) is 5.52. The van der Waals surface area contributed by atoms with Crippen molar-refractivity contribution in [2.45, 2.75) is 13.8 Å². The van der Waals surface area contributed by atoms with E-state index in [1.807, 2.05) is 19.9 Å². The Hall–Kier alpha value is -3.70. The molecule has 0 aliphatic carbocycles. The van der Waals surface area contributed by atoms with Gasteiger partial charge in [-0.05, 0) is 55.8 Å². The van der Waals surface area contributed by atoms with E-state index in [1.54, 1.807) is 42.7 Å². The van der Waals surface area contributed by atoms with E-state index in [2.05, 4.69) is 15.3 Å². The van der Waals surface area contributed by atoms with Gasteiger partial charge in [-0.15, -0.1) is 11.3 Å². The predicted molar refractivity (Wildman–Crippen MR) is 110 cm³/mol. The Kier molecular flexibility index (Phi) is 4.97. The van der Waals surface area contributed by atoms with Crippen LogP contribution in [0.15, 0.2) is 47.1 Å². The smallest absolute Gasteiger partial charge is 0.266 e. The minimum absolute atomic E-state index is 0.0208. The molecule has 7 nitrogen and oxygen atoms in total. The molecule has 0 bridgehead atoms. The molecule has 0 saturated heterocycles. The molecule has 0 aliphatic rings. The van der Waals surface area contributed by atoms with Crippen molar-refractivity contribution in [1.29, 1.82) is 5.26 Å². The summed E-state index contributed by atoms with van der Waals surface area (Å²) in [6.45, 7) is 3.78. The highest BCUT2D eigenvalue weighted by Crippen LogP contribution is 2.33. The molecule has 1 aromatic carbocycles. The van der Waals surface area contributed by atoms with E-state index in [0.717, 1.165) is 21.5 Å². The maximum atomic E-state index is 12.8. The maximum absolute atomic E-state index is 12.8. The van der Waals surface area contributed by atoms with Crippen molar-refractivity contribution in [2.75, 3.05) is 11.9 Å². The van der Waals surface area contributed by atoms with Gasteiger partial charge in [-0.1, -0.05) is 0 Å². The van der Waals surface area contributed by atoms with Crippen LogP contribution >= 0.6 is 11.3 Å². The van der Waals surface area contributed by atoms with E-state index in [1.165, 1.54) is 11.3 Å². The number of hydrogen-bond donors (Lipinski definition) is 1. The summed E-state index contributed by atoms with van der Waals surface area (Å²) in [5.74, 6) is 1.45.